The van der Waals surface area contributed by atoms with Gasteiger partial charge in [0.15, 0.2) is 0 Å². The molecule has 0 atom stereocenters. The van der Waals surface area contributed by atoms with E-state index in [1.165, 1.54) is 16.8 Å². The van der Waals surface area contributed by atoms with Gasteiger partial charge in [0.05, 0.1) is 18.5 Å². The van der Waals surface area contributed by atoms with Crippen molar-refractivity contribution in [3.63, 3.8) is 0 Å². The van der Waals surface area contributed by atoms with E-state index in [0.717, 1.165) is 34.3 Å². The minimum absolute atomic E-state index is 0.555. The van der Waals surface area contributed by atoms with E-state index in [1.54, 1.807) is 18.4 Å². The Kier molecular flexibility index (Phi) is 5.54. The molecule has 0 fully saturated rings. The minimum atomic E-state index is 0.555. The number of aryl methyl sites for hydroxylation is 1. The summed E-state index contributed by atoms with van der Waals surface area (Å²) in [4.78, 5) is 4.92. The molecule has 2 aromatic carbocycles. The maximum absolute atomic E-state index is 5.25. The van der Waals surface area contributed by atoms with Gasteiger partial charge in [0, 0.05) is 23.2 Å². The number of hydrogen-bond acceptors (Lipinski definition) is 3. The first-order chi connectivity index (χ1) is 14.0. The monoisotopic (exact) mass is 402 g/mol. The summed E-state index contributed by atoms with van der Waals surface area (Å²) in [6.45, 7) is 7.46. The van der Waals surface area contributed by atoms with Crippen molar-refractivity contribution in [2.75, 3.05) is 7.11 Å². The normalized spacial score (nSPS) is 11.2. The van der Waals surface area contributed by atoms with E-state index in [-0.39, 0.29) is 0 Å². The van der Waals surface area contributed by atoms with Crippen molar-refractivity contribution in [1.82, 2.24) is 9.55 Å². The molecule has 0 spiro atoms. The third kappa shape index (κ3) is 4.13. The molecule has 2 aromatic heterocycles. The second-order valence-electron chi connectivity index (χ2n) is 7.61. The summed E-state index contributed by atoms with van der Waals surface area (Å²) in [6, 6.07) is 21.4. The van der Waals surface area contributed by atoms with Crippen LogP contribution in [-0.4, -0.2) is 16.7 Å². The Hall–Kier alpha value is -2.85. The first-order valence-corrected chi connectivity index (χ1v) is 10.8. The highest BCUT2D eigenvalue weighted by Gasteiger charge is 2.13. The van der Waals surface area contributed by atoms with Gasteiger partial charge >= 0.3 is 0 Å². The molecule has 29 heavy (non-hydrogen) atoms. The van der Waals surface area contributed by atoms with Gasteiger partial charge in [-0.15, -0.1) is 11.3 Å². The molecule has 0 saturated carbocycles. The first kappa shape index (κ1) is 19.5. The number of rotatable bonds is 6. The summed E-state index contributed by atoms with van der Waals surface area (Å²) in [5, 5.41) is 3.17. The molecule has 0 aliphatic heterocycles. The van der Waals surface area contributed by atoms with E-state index in [2.05, 4.69) is 79.2 Å². The summed E-state index contributed by atoms with van der Waals surface area (Å²) in [5.74, 6) is 1.41. The average Bonchev–Trinajstić information content (AvgIpc) is 3.36. The lowest BCUT2D eigenvalue weighted by molar-refractivity contribution is 0.415. The molecule has 0 aliphatic rings. The van der Waals surface area contributed by atoms with E-state index in [9.17, 15) is 0 Å². The number of methoxy groups -OCH3 is 1. The molecule has 0 saturated heterocycles. The molecule has 4 rings (SSSR count). The Morgan fingerprint density at radius 1 is 0.966 bits per heavy atom. The second-order valence-corrected chi connectivity index (χ2v) is 8.47. The highest BCUT2D eigenvalue weighted by Crippen LogP contribution is 2.31. The van der Waals surface area contributed by atoms with Gasteiger partial charge < -0.3 is 9.30 Å². The van der Waals surface area contributed by atoms with Crippen molar-refractivity contribution in [2.24, 2.45) is 0 Å². The zero-order valence-electron chi connectivity index (χ0n) is 17.3. The Morgan fingerprint density at radius 3 is 2.34 bits per heavy atom. The minimum Gasteiger partial charge on any atom is -0.497 e. The highest BCUT2D eigenvalue weighted by molar-refractivity contribution is 7.13. The maximum atomic E-state index is 5.25. The number of hydrogen-bond donors (Lipinski definition) is 0. The zero-order chi connectivity index (χ0) is 20.4. The molecule has 4 aromatic rings. The first-order valence-electron chi connectivity index (χ1n) is 9.90. The molecular formula is C25H26N2OS. The lowest BCUT2D eigenvalue weighted by Gasteiger charge is -2.12. The standard InChI is InChI=1S/C25H26N2OS/c1-17(2)20-8-6-19(7-9-20)15-27-18(3)5-14-24(27)23-16-29-25(26-23)21-10-12-22(28-4)13-11-21/h5-14,16-17H,15H2,1-4H3. The molecule has 0 amide bonds. The molecule has 0 N–H and O–H groups in total. The number of ether oxygens (including phenoxy) is 1. The van der Waals surface area contributed by atoms with Crippen LogP contribution in [0, 0.1) is 6.92 Å². The Bertz CT molecular complexity index is 1090. The van der Waals surface area contributed by atoms with Crippen LogP contribution in [0.15, 0.2) is 66.0 Å². The fraction of sp³-hybridized carbons (Fsp3) is 0.240. The number of aromatic nitrogens is 2. The van der Waals surface area contributed by atoms with Crippen molar-refractivity contribution < 1.29 is 4.74 Å². The second kappa shape index (κ2) is 8.26. The van der Waals surface area contributed by atoms with Crippen LogP contribution >= 0.6 is 11.3 Å². The predicted octanol–water partition coefficient (Wildman–Crippen LogP) is 6.77. The van der Waals surface area contributed by atoms with E-state index in [4.69, 9.17) is 9.72 Å². The topological polar surface area (TPSA) is 27.1 Å². The summed E-state index contributed by atoms with van der Waals surface area (Å²) in [7, 11) is 1.68. The van der Waals surface area contributed by atoms with E-state index in [1.807, 2.05) is 12.1 Å². The van der Waals surface area contributed by atoms with Crippen LogP contribution in [0.2, 0.25) is 0 Å². The predicted molar refractivity (Wildman–Crippen MR) is 122 cm³/mol. The smallest absolute Gasteiger partial charge is 0.124 e. The Balaban J connectivity index is 1.61. The molecule has 3 nitrogen and oxygen atoms in total. The summed E-state index contributed by atoms with van der Waals surface area (Å²) in [5.41, 5.74) is 7.22. The van der Waals surface area contributed by atoms with Crippen LogP contribution < -0.4 is 4.74 Å². The van der Waals surface area contributed by atoms with Crippen LogP contribution in [0.3, 0.4) is 0 Å². The molecule has 2 heterocycles. The summed E-state index contributed by atoms with van der Waals surface area (Å²) in [6.07, 6.45) is 0. The van der Waals surface area contributed by atoms with Gasteiger partial charge in [0.25, 0.3) is 0 Å². The van der Waals surface area contributed by atoms with Crippen molar-refractivity contribution in [3.05, 3.63) is 82.9 Å². The van der Waals surface area contributed by atoms with Crippen molar-refractivity contribution in [2.45, 2.75) is 33.2 Å². The van der Waals surface area contributed by atoms with Crippen LogP contribution in [0.5, 0.6) is 5.75 Å². The quantitative estimate of drug-likeness (QED) is 0.356. The lowest BCUT2D eigenvalue weighted by Crippen LogP contribution is -2.04. The van der Waals surface area contributed by atoms with Gasteiger partial charge in [-0.2, -0.15) is 0 Å². The molecule has 0 radical (unpaired) electrons. The number of thiazole rings is 1. The van der Waals surface area contributed by atoms with Crippen LogP contribution in [-0.2, 0) is 6.54 Å². The third-order valence-corrected chi connectivity index (χ3v) is 6.18. The van der Waals surface area contributed by atoms with Crippen molar-refractivity contribution >= 4 is 11.3 Å². The van der Waals surface area contributed by atoms with Gasteiger partial charge in [-0.05, 0) is 60.4 Å². The van der Waals surface area contributed by atoms with Crippen LogP contribution in [0.1, 0.15) is 36.6 Å². The third-order valence-electron chi connectivity index (χ3n) is 5.29. The SMILES string of the molecule is COc1ccc(-c2nc(-c3ccc(C)n3Cc3ccc(C(C)C)cc3)cs2)cc1. The summed E-state index contributed by atoms with van der Waals surface area (Å²) >= 11 is 1.68. The summed E-state index contributed by atoms with van der Waals surface area (Å²) < 4.78 is 7.60. The molecule has 148 valence electrons. The molecule has 0 bridgehead atoms. The maximum Gasteiger partial charge on any atom is 0.124 e. The molecule has 4 heteroatoms. The van der Waals surface area contributed by atoms with Gasteiger partial charge in [0.2, 0.25) is 0 Å². The molecule has 0 unspecified atom stereocenters. The molecular weight excluding hydrogens is 376 g/mol. The fourth-order valence-electron chi connectivity index (χ4n) is 3.45. The highest BCUT2D eigenvalue weighted by atomic mass is 32.1. The number of benzene rings is 2. The van der Waals surface area contributed by atoms with Crippen LogP contribution in [0.4, 0.5) is 0 Å². The van der Waals surface area contributed by atoms with Crippen molar-refractivity contribution in [1.29, 1.82) is 0 Å². The van der Waals surface area contributed by atoms with E-state index < -0.39 is 0 Å². The zero-order valence-corrected chi connectivity index (χ0v) is 18.2. The largest absolute Gasteiger partial charge is 0.497 e. The van der Waals surface area contributed by atoms with Crippen LogP contribution in [0.25, 0.3) is 22.0 Å². The van der Waals surface area contributed by atoms with Gasteiger partial charge in [-0.1, -0.05) is 38.1 Å². The van der Waals surface area contributed by atoms with Gasteiger partial charge in [0.1, 0.15) is 10.8 Å². The molecule has 0 aliphatic carbocycles. The fourth-order valence-corrected chi connectivity index (χ4v) is 4.27. The average molecular weight is 403 g/mol. The lowest BCUT2D eigenvalue weighted by atomic mass is 10.0. The van der Waals surface area contributed by atoms with Crippen molar-refractivity contribution in [3.8, 4) is 27.7 Å². The van der Waals surface area contributed by atoms with Gasteiger partial charge in [-0.25, -0.2) is 4.98 Å². The van der Waals surface area contributed by atoms with E-state index >= 15 is 0 Å². The van der Waals surface area contributed by atoms with E-state index in [0.29, 0.717) is 5.92 Å². The van der Waals surface area contributed by atoms with Gasteiger partial charge in [-0.3, -0.25) is 0 Å². The Labute approximate surface area is 176 Å². The Morgan fingerprint density at radius 2 is 1.69 bits per heavy atom. The number of nitrogens with zero attached hydrogens (tertiary/aromatic N) is 2.